The molecule has 0 radical (unpaired) electrons. The predicted octanol–water partition coefficient (Wildman–Crippen LogP) is 0.570. The molecule has 24 heavy (non-hydrogen) atoms. The second-order valence-corrected chi connectivity index (χ2v) is 4.91. The highest BCUT2D eigenvalue weighted by molar-refractivity contribution is 5.87. The van der Waals surface area contributed by atoms with Gasteiger partial charge in [-0.3, -0.25) is 9.59 Å². The average molecular weight is 333 g/mol. The summed E-state index contributed by atoms with van der Waals surface area (Å²) in [6.45, 7) is 1.65. The van der Waals surface area contributed by atoms with Gasteiger partial charge in [0.15, 0.2) is 17.3 Å². The topological polar surface area (TPSA) is 107 Å². The van der Waals surface area contributed by atoms with Crippen LogP contribution in [0.4, 0.5) is 5.82 Å². The van der Waals surface area contributed by atoms with E-state index >= 15 is 0 Å². The number of ether oxygens (including phenoxy) is 2. The predicted molar refractivity (Wildman–Crippen MR) is 85.7 cm³/mol. The van der Waals surface area contributed by atoms with Crippen LogP contribution in [0.2, 0.25) is 0 Å². The smallest absolute Gasteiger partial charge is 0.243 e. The first-order valence-electron chi connectivity index (χ1n) is 7.17. The number of rotatable bonds is 7. The molecule has 0 fully saturated rings. The van der Waals surface area contributed by atoms with Crippen LogP contribution >= 0.6 is 0 Å². The molecule has 0 saturated heterocycles. The summed E-state index contributed by atoms with van der Waals surface area (Å²) in [5, 5.41) is 13.1. The molecule has 2 aromatic rings. The molecule has 2 amide bonds. The van der Waals surface area contributed by atoms with E-state index in [2.05, 4.69) is 20.8 Å². The third-order valence-electron chi connectivity index (χ3n) is 3.06. The average Bonchev–Trinajstić information content (AvgIpc) is 2.98. The maximum atomic E-state index is 11.9. The van der Waals surface area contributed by atoms with E-state index in [0.717, 1.165) is 5.56 Å². The molecule has 0 aliphatic heterocycles. The van der Waals surface area contributed by atoms with Crippen molar-refractivity contribution in [2.24, 2.45) is 0 Å². The van der Waals surface area contributed by atoms with E-state index in [1.54, 1.807) is 26.4 Å². The lowest BCUT2D eigenvalue weighted by atomic mass is 10.2. The number of anilines is 1. The minimum Gasteiger partial charge on any atom is -0.493 e. The van der Waals surface area contributed by atoms with E-state index in [-0.39, 0.29) is 18.4 Å². The van der Waals surface area contributed by atoms with Crippen molar-refractivity contribution in [3.05, 3.63) is 30.0 Å². The Kier molecular flexibility index (Phi) is 5.72. The van der Waals surface area contributed by atoms with E-state index < -0.39 is 0 Å². The molecule has 128 valence electrons. The Morgan fingerprint density at radius 3 is 2.62 bits per heavy atom. The molecule has 1 aromatic heterocycles. The van der Waals surface area contributed by atoms with Crippen molar-refractivity contribution >= 4 is 17.6 Å². The van der Waals surface area contributed by atoms with Gasteiger partial charge in [-0.2, -0.15) is 9.90 Å². The molecule has 0 aliphatic carbocycles. The quantitative estimate of drug-likeness (QED) is 0.767. The summed E-state index contributed by atoms with van der Waals surface area (Å²) in [7, 11) is 3.11. The van der Waals surface area contributed by atoms with E-state index in [0.29, 0.717) is 23.9 Å². The molecule has 1 aromatic carbocycles. The van der Waals surface area contributed by atoms with Crippen molar-refractivity contribution in [1.29, 1.82) is 0 Å². The molecule has 0 bridgehead atoms. The Hall–Kier alpha value is -3.10. The number of hydrogen-bond donors (Lipinski definition) is 2. The zero-order valence-corrected chi connectivity index (χ0v) is 13.7. The highest BCUT2D eigenvalue weighted by Crippen LogP contribution is 2.27. The fourth-order valence-corrected chi connectivity index (χ4v) is 1.99. The fourth-order valence-electron chi connectivity index (χ4n) is 1.99. The summed E-state index contributed by atoms with van der Waals surface area (Å²) in [6.07, 6.45) is 1.38. The number of nitrogens with zero attached hydrogens (tertiary/aromatic N) is 3. The summed E-state index contributed by atoms with van der Waals surface area (Å²) >= 11 is 0. The third-order valence-corrected chi connectivity index (χ3v) is 3.06. The highest BCUT2D eigenvalue weighted by Gasteiger charge is 2.09. The van der Waals surface area contributed by atoms with Crippen molar-refractivity contribution in [2.75, 3.05) is 19.5 Å². The number of amides is 2. The molecule has 0 spiro atoms. The second kappa shape index (κ2) is 7.95. The molecule has 0 atom stereocenters. The standard InChI is InChI=1S/C15H19N5O4/c1-10(21)18-14-8-17-20(19-14)9-15(22)16-7-11-4-5-12(23-2)13(6-11)24-3/h4-6,8H,7,9H2,1-3H3,(H,16,22)(H,18,19,21). The van der Waals surface area contributed by atoms with Crippen LogP contribution in [-0.4, -0.2) is 41.0 Å². The Balaban J connectivity index is 1.89. The van der Waals surface area contributed by atoms with Gasteiger partial charge in [-0.05, 0) is 17.7 Å². The highest BCUT2D eigenvalue weighted by atomic mass is 16.5. The van der Waals surface area contributed by atoms with Crippen LogP contribution in [0.1, 0.15) is 12.5 Å². The number of methoxy groups -OCH3 is 2. The first-order chi connectivity index (χ1) is 11.5. The molecular formula is C15H19N5O4. The molecule has 2 N–H and O–H groups in total. The van der Waals surface area contributed by atoms with Gasteiger partial charge in [0.1, 0.15) is 6.54 Å². The van der Waals surface area contributed by atoms with Gasteiger partial charge in [-0.1, -0.05) is 6.07 Å². The molecule has 1 heterocycles. The van der Waals surface area contributed by atoms with Crippen molar-refractivity contribution in [3.63, 3.8) is 0 Å². The Morgan fingerprint density at radius 2 is 1.96 bits per heavy atom. The maximum Gasteiger partial charge on any atom is 0.243 e. The van der Waals surface area contributed by atoms with Crippen molar-refractivity contribution in [2.45, 2.75) is 20.0 Å². The van der Waals surface area contributed by atoms with Gasteiger partial charge in [-0.15, -0.1) is 5.10 Å². The van der Waals surface area contributed by atoms with Crippen LogP contribution in [0.5, 0.6) is 11.5 Å². The zero-order valence-electron chi connectivity index (χ0n) is 13.7. The van der Waals surface area contributed by atoms with Crippen molar-refractivity contribution < 1.29 is 19.1 Å². The second-order valence-electron chi connectivity index (χ2n) is 4.91. The lowest BCUT2D eigenvalue weighted by Crippen LogP contribution is -2.28. The molecule has 0 saturated carbocycles. The largest absolute Gasteiger partial charge is 0.493 e. The normalized spacial score (nSPS) is 10.1. The third kappa shape index (κ3) is 4.70. The maximum absolute atomic E-state index is 11.9. The fraction of sp³-hybridized carbons (Fsp3) is 0.333. The molecule has 9 nitrogen and oxygen atoms in total. The lowest BCUT2D eigenvalue weighted by Gasteiger charge is -2.10. The molecule has 0 aliphatic rings. The number of benzene rings is 1. The van der Waals surface area contributed by atoms with Crippen LogP contribution < -0.4 is 20.1 Å². The van der Waals surface area contributed by atoms with Crippen LogP contribution in [-0.2, 0) is 22.7 Å². The lowest BCUT2D eigenvalue weighted by molar-refractivity contribution is -0.122. The molecule has 9 heteroatoms. The SMILES string of the molecule is COc1ccc(CNC(=O)Cn2ncc(NC(C)=O)n2)cc1OC. The summed E-state index contributed by atoms with van der Waals surface area (Å²) in [6, 6.07) is 5.40. The number of carbonyl (C=O) groups excluding carboxylic acids is 2. The van der Waals surface area contributed by atoms with Crippen LogP contribution in [0.15, 0.2) is 24.4 Å². The number of nitrogens with one attached hydrogen (secondary N) is 2. The van der Waals surface area contributed by atoms with E-state index in [1.165, 1.54) is 17.9 Å². The Morgan fingerprint density at radius 1 is 1.21 bits per heavy atom. The number of aromatic nitrogens is 3. The van der Waals surface area contributed by atoms with Gasteiger partial charge in [0, 0.05) is 13.5 Å². The Bertz CT molecular complexity index is 728. The van der Waals surface area contributed by atoms with Gasteiger partial charge in [0.2, 0.25) is 11.8 Å². The van der Waals surface area contributed by atoms with Crippen LogP contribution in [0, 0.1) is 0 Å². The van der Waals surface area contributed by atoms with Gasteiger partial charge >= 0.3 is 0 Å². The van der Waals surface area contributed by atoms with Gasteiger partial charge < -0.3 is 20.1 Å². The summed E-state index contributed by atoms with van der Waals surface area (Å²) < 4.78 is 10.4. The first-order valence-corrected chi connectivity index (χ1v) is 7.17. The number of carbonyl (C=O) groups is 2. The minimum absolute atomic E-state index is 0.0487. The van der Waals surface area contributed by atoms with Crippen LogP contribution in [0.3, 0.4) is 0 Å². The minimum atomic E-state index is -0.255. The summed E-state index contributed by atoms with van der Waals surface area (Å²) in [5.41, 5.74) is 0.869. The van der Waals surface area contributed by atoms with Crippen LogP contribution in [0.25, 0.3) is 0 Å². The zero-order chi connectivity index (χ0) is 17.5. The van der Waals surface area contributed by atoms with Gasteiger partial charge in [0.25, 0.3) is 0 Å². The van der Waals surface area contributed by atoms with E-state index in [9.17, 15) is 9.59 Å². The molecule has 2 rings (SSSR count). The van der Waals surface area contributed by atoms with Gasteiger partial charge in [-0.25, -0.2) is 0 Å². The first kappa shape index (κ1) is 17.3. The van der Waals surface area contributed by atoms with Crippen molar-refractivity contribution in [3.8, 4) is 11.5 Å². The van der Waals surface area contributed by atoms with E-state index in [1.807, 2.05) is 6.07 Å². The van der Waals surface area contributed by atoms with Crippen molar-refractivity contribution in [1.82, 2.24) is 20.3 Å². The van der Waals surface area contributed by atoms with E-state index in [4.69, 9.17) is 9.47 Å². The summed E-state index contributed by atoms with van der Waals surface area (Å²) in [4.78, 5) is 24.1. The summed E-state index contributed by atoms with van der Waals surface area (Å²) in [5.74, 6) is 1.02. The molecular weight excluding hydrogens is 314 g/mol. The number of hydrogen-bond acceptors (Lipinski definition) is 6. The van der Waals surface area contributed by atoms with Gasteiger partial charge in [0.05, 0.1) is 20.4 Å². The molecule has 0 unspecified atom stereocenters. The Labute approximate surface area is 138 Å². The monoisotopic (exact) mass is 333 g/mol.